The van der Waals surface area contributed by atoms with Gasteiger partial charge in [-0.05, 0) is 75.3 Å². The molecule has 2 aliphatic rings. The van der Waals surface area contributed by atoms with Crippen LogP contribution in [0, 0.1) is 5.92 Å². The molecule has 38 heavy (non-hydrogen) atoms. The van der Waals surface area contributed by atoms with Gasteiger partial charge in [0.1, 0.15) is 23.9 Å². The third-order valence-electron chi connectivity index (χ3n) is 7.83. The minimum Gasteiger partial charge on any atom is -0.364 e. The van der Waals surface area contributed by atoms with Gasteiger partial charge in [0, 0.05) is 17.0 Å². The van der Waals surface area contributed by atoms with Crippen LogP contribution in [0.3, 0.4) is 0 Å². The Labute approximate surface area is 220 Å². The van der Waals surface area contributed by atoms with Crippen LogP contribution in [0.4, 0.5) is 14.6 Å². The monoisotopic (exact) mass is 521 g/mol. The molecule has 7 nitrogen and oxygen atoms in total. The standard InChI is InChI=1S/C29H33F2N5O2/c1-4-21-20-11-12-36(28(20)34-16-33-21)23-14-19(26-27(23)38-29(2,3)37-26)8-6-17-5-7-18-9-10-25(32-15-24(30)31)35-22(18)13-17/h5,7,9-13,16,19,23-24,26-27H,4,6,8,14-15H2,1-3H3,(H,32,35)/t19-,23+,26+,27-/m0/s1. The van der Waals surface area contributed by atoms with E-state index in [1.807, 2.05) is 26.0 Å². The molecule has 9 heteroatoms. The van der Waals surface area contributed by atoms with Gasteiger partial charge in [-0.2, -0.15) is 0 Å². The summed E-state index contributed by atoms with van der Waals surface area (Å²) in [5.41, 5.74) is 3.98. The number of anilines is 1. The Morgan fingerprint density at radius 1 is 1.11 bits per heavy atom. The lowest BCUT2D eigenvalue weighted by molar-refractivity contribution is -0.160. The van der Waals surface area contributed by atoms with Crippen molar-refractivity contribution in [3.8, 4) is 0 Å². The maximum Gasteiger partial charge on any atom is 0.255 e. The molecule has 3 aromatic heterocycles. The minimum absolute atomic E-state index is 0.00339. The zero-order chi connectivity index (χ0) is 26.4. The lowest BCUT2D eigenvalue weighted by atomic mass is 9.95. The van der Waals surface area contributed by atoms with Crippen molar-refractivity contribution in [2.75, 3.05) is 11.9 Å². The molecule has 0 radical (unpaired) electrons. The first-order valence-electron chi connectivity index (χ1n) is 13.4. The third kappa shape index (κ3) is 4.73. The van der Waals surface area contributed by atoms with Crippen molar-refractivity contribution >= 4 is 27.8 Å². The number of nitrogens with one attached hydrogen (secondary N) is 1. The van der Waals surface area contributed by atoms with Gasteiger partial charge in [0.2, 0.25) is 0 Å². The predicted molar refractivity (Wildman–Crippen MR) is 142 cm³/mol. The summed E-state index contributed by atoms with van der Waals surface area (Å²) in [4.78, 5) is 13.6. The number of aryl methyl sites for hydroxylation is 2. The highest BCUT2D eigenvalue weighted by Gasteiger charge is 2.54. The number of rotatable bonds is 8. The second-order valence-electron chi connectivity index (χ2n) is 10.8. The number of nitrogens with zero attached hydrogens (tertiary/aromatic N) is 4. The van der Waals surface area contributed by atoms with Crippen LogP contribution in [0.1, 0.15) is 50.9 Å². The van der Waals surface area contributed by atoms with Gasteiger partial charge >= 0.3 is 0 Å². The highest BCUT2D eigenvalue weighted by Crippen LogP contribution is 2.49. The summed E-state index contributed by atoms with van der Waals surface area (Å²) in [6.45, 7) is 5.67. The van der Waals surface area contributed by atoms with E-state index in [0.29, 0.717) is 11.7 Å². The van der Waals surface area contributed by atoms with Gasteiger partial charge < -0.3 is 19.4 Å². The van der Waals surface area contributed by atoms with Crippen molar-refractivity contribution in [3.63, 3.8) is 0 Å². The molecule has 1 saturated heterocycles. The first kappa shape index (κ1) is 25.1. The molecule has 6 rings (SSSR count). The average molecular weight is 522 g/mol. The Kier molecular flexibility index (Phi) is 6.52. The molecule has 4 heterocycles. The van der Waals surface area contributed by atoms with Crippen LogP contribution in [0.5, 0.6) is 0 Å². The van der Waals surface area contributed by atoms with E-state index in [-0.39, 0.29) is 18.2 Å². The fraction of sp³-hybridized carbons (Fsp3) is 0.483. The van der Waals surface area contributed by atoms with Gasteiger partial charge in [-0.3, -0.25) is 0 Å². The van der Waals surface area contributed by atoms with E-state index in [1.54, 1.807) is 12.4 Å². The number of ether oxygens (including phenoxy) is 2. The fourth-order valence-corrected chi connectivity index (χ4v) is 6.13. The van der Waals surface area contributed by atoms with Crippen LogP contribution in [0.25, 0.3) is 21.9 Å². The maximum atomic E-state index is 12.6. The van der Waals surface area contributed by atoms with Crippen molar-refractivity contribution in [2.45, 2.75) is 76.9 Å². The van der Waals surface area contributed by atoms with Gasteiger partial charge in [-0.15, -0.1) is 0 Å². The largest absolute Gasteiger partial charge is 0.364 e. The van der Waals surface area contributed by atoms with E-state index in [1.165, 1.54) is 5.56 Å². The molecular formula is C29H33F2N5O2. The van der Waals surface area contributed by atoms with E-state index in [4.69, 9.17) is 9.47 Å². The van der Waals surface area contributed by atoms with Gasteiger partial charge in [0.25, 0.3) is 6.43 Å². The van der Waals surface area contributed by atoms with Gasteiger partial charge in [-0.1, -0.05) is 19.1 Å². The van der Waals surface area contributed by atoms with Crippen LogP contribution in [-0.2, 0) is 22.3 Å². The van der Waals surface area contributed by atoms with Crippen molar-refractivity contribution in [1.29, 1.82) is 0 Å². The molecule has 200 valence electrons. The molecule has 1 saturated carbocycles. The summed E-state index contributed by atoms with van der Waals surface area (Å²) in [5.74, 6) is 0.149. The summed E-state index contributed by atoms with van der Waals surface area (Å²) in [5, 5.41) is 4.78. The highest BCUT2D eigenvalue weighted by molar-refractivity contribution is 5.81. The number of fused-ring (bicyclic) bond motifs is 3. The number of halogens is 2. The molecule has 1 aliphatic heterocycles. The Bertz CT molecular complexity index is 1460. The lowest BCUT2D eigenvalue weighted by Gasteiger charge is -2.24. The molecule has 0 spiro atoms. The first-order chi connectivity index (χ1) is 18.3. The summed E-state index contributed by atoms with van der Waals surface area (Å²) in [7, 11) is 0. The third-order valence-corrected chi connectivity index (χ3v) is 7.83. The van der Waals surface area contributed by atoms with E-state index < -0.39 is 18.8 Å². The van der Waals surface area contributed by atoms with E-state index in [2.05, 4.69) is 56.2 Å². The predicted octanol–water partition coefficient (Wildman–Crippen LogP) is 5.93. The Balaban J connectivity index is 1.22. The number of pyridine rings is 1. The second kappa shape index (κ2) is 9.85. The summed E-state index contributed by atoms with van der Waals surface area (Å²) >= 11 is 0. The van der Waals surface area contributed by atoms with Gasteiger partial charge in [-0.25, -0.2) is 23.7 Å². The topological polar surface area (TPSA) is 74.1 Å². The number of alkyl halides is 2. The lowest BCUT2D eigenvalue weighted by Crippen LogP contribution is -2.27. The zero-order valence-corrected chi connectivity index (χ0v) is 21.9. The first-order valence-corrected chi connectivity index (χ1v) is 13.4. The van der Waals surface area contributed by atoms with E-state index >= 15 is 0 Å². The molecule has 4 aromatic rings. The quantitative estimate of drug-likeness (QED) is 0.310. The number of benzene rings is 1. The SMILES string of the molecule is CCc1ncnc2c1ccn2[C@@H]1C[C@H](CCc2ccc3ccc(NCC(F)F)nc3c2)[C@H]2OC(C)(C)O[C@H]21. The fourth-order valence-electron chi connectivity index (χ4n) is 6.13. The Hall–Kier alpha value is -3.17. The molecule has 1 aliphatic carbocycles. The van der Waals surface area contributed by atoms with Gasteiger partial charge in [0.15, 0.2) is 5.79 Å². The molecule has 4 atom stereocenters. The Morgan fingerprint density at radius 3 is 2.74 bits per heavy atom. The van der Waals surface area contributed by atoms with Crippen LogP contribution >= 0.6 is 0 Å². The Morgan fingerprint density at radius 2 is 1.92 bits per heavy atom. The smallest absolute Gasteiger partial charge is 0.255 e. The van der Waals surface area contributed by atoms with Crippen molar-refractivity contribution in [2.24, 2.45) is 5.92 Å². The molecular weight excluding hydrogens is 488 g/mol. The average Bonchev–Trinajstić information content (AvgIpc) is 3.56. The maximum absolute atomic E-state index is 12.6. The van der Waals surface area contributed by atoms with Crippen LogP contribution < -0.4 is 5.32 Å². The van der Waals surface area contributed by atoms with Gasteiger partial charge in [0.05, 0.1) is 29.9 Å². The summed E-state index contributed by atoms with van der Waals surface area (Å²) < 4.78 is 40.3. The highest BCUT2D eigenvalue weighted by atomic mass is 19.3. The molecule has 1 N–H and O–H groups in total. The molecule has 0 unspecified atom stereocenters. The number of hydrogen-bond donors (Lipinski definition) is 1. The molecule has 2 fully saturated rings. The molecule has 0 amide bonds. The molecule has 1 aromatic carbocycles. The summed E-state index contributed by atoms with van der Waals surface area (Å²) in [6, 6.07) is 12.1. The minimum atomic E-state index is -2.42. The number of aromatic nitrogens is 4. The van der Waals surface area contributed by atoms with Crippen molar-refractivity contribution in [3.05, 3.63) is 60.2 Å². The summed E-state index contributed by atoms with van der Waals surface area (Å²) in [6.07, 6.45) is 4.91. The van der Waals surface area contributed by atoms with E-state index in [9.17, 15) is 8.78 Å². The van der Waals surface area contributed by atoms with Crippen LogP contribution in [0.2, 0.25) is 0 Å². The second-order valence-corrected chi connectivity index (χ2v) is 10.8. The van der Waals surface area contributed by atoms with E-state index in [0.717, 1.165) is 53.3 Å². The molecule has 0 bridgehead atoms. The zero-order valence-electron chi connectivity index (χ0n) is 21.9. The van der Waals surface area contributed by atoms with Crippen molar-refractivity contribution in [1.82, 2.24) is 19.5 Å². The normalized spacial score (nSPS) is 24.5. The van der Waals surface area contributed by atoms with Crippen LogP contribution in [0.15, 0.2) is 48.9 Å². The van der Waals surface area contributed by atoms with Crippen molar-refractivity contribution < 1.29 is 18.3 Å². The van der Waals surface area contributed by atoms with Crippen LogP contribution in [-0.4, -0.2) is 50.5 Å². The number of hydrogen-bond acceptors (Lipinski definition) is 6.